The fourth-order valence-corrected chi connectivity index (χ4v) is 4.35. The van der Waals surface area contributed by atoms with E-state index in [9.17, 15) is 13.2 Å². The molecule has 1 aliphatic rings. The topological polar surface area (TPSA) is 110 Å². The smallest absolute Gasteiger partial charge is 0.272 e. The first-order chi connectivity index (χ1) is 12.5. The summed E-state index contributed by atoms with van der Waals surface area (Å²) in [5, 5.41) is 13.7. The third-order valence-electron chi connectivity index (χ3n) is 3.91. The van der Waals surface area contributed by atoms with Gasteiger partial charge in [-0.1, -0.05) is 12.1 Å². The number of amides is 1. The van der Waals surface area contributed by atoms with Crippen LogP contribution < -0.4 is 15.4 Å². The molecule has 8 nitrogen and oxygen atoms in total. The van der Waals surface area contributed by atoms with Crippen LogP contribution in [0.4, 0.5) is 11.5 Å². The molecule has 0 spiro atoms. The highest BCUT2D eigenvalue weighted by Gasteiger charge is 2.29. The quantitative estimate of drug-likeness (QED) is 0.787. The Kier molecular flexibility index (Phi) is 5.36. The first-order valence-corrected chi connectivity index (χ1v) is 10.1. The van der Waals surface area contributed by atoms with E-state index in [4.69, 9.17) is 4.74 Å². The van der Waals surface area contributed by atoms with Crippen LogP contribution in [-0.2, 0) is 9.84 Å². The van der Waals surface area contributed by atoms with E-state index in [1.807, 2.05) is 31.2 Å². The molecule has 2 N–H and O–H groups in total. The highest BCUT2D eigenvalue weighted by atomic mass is 32.2. The maximum absolute atomic E-state index is 12.2. The van der Waals surface area contributed by atoms with Gasteiger partial charge in [-0.05, 0) is 37.6 Å². The molecule has 2 aromatic rings. The molecule has 3 rings (SSSR count). The van der Waals surface area contributed by atoms with Crippen LogP contribution in [-0.4, -0.2) is 48.7 Å². The second-order valence-electron chi connectivity index (χ2n) is 5.93. The number of carbonyl (C=O) groups excluding carboxylic acids is 1. The number of sulfone groups is 1. The Bertz CT molecular complexity index is 884. The van der Waals surface area contributed by atoms with Gasteiger partial charge in [0, 0.05) is 6.04 Å². The molecule has 0 aliphatic carbocycles. The lowest BCUT2D eigenvalue weighted by Gasteiger charge is -2.12. The molecule has 138 valence electrons. The van der Waals surface area contributed by atoms with Crippen molar-refractivity contribution in [1.82, 2.24) is 15.5 Å². The van der Waals surface area contributed by atoms with Crippen molar-refractivity contribution in [3.8, 4) is 5.75 Å². The second-order valence-corrected chi connectivity index (χ2v) is 8.16. The maximum Gasteiger partial charge on any atom is 0.272 e. The summed E-state index contributed by atoms with van der Waals surface area (Å²) in [5.74, 6) is 0.810. The van der Waals surface area contributed by atoms with Crippen molar-refractivity contribution < 1.29 is 17.9 Å². The van der Waals surface area contributed by atoms with Crippen molar-refractivity contribution in [1.29, 1.82) is 0 Å². The average Bonchev–Trinajstić information content (AvgIpc) is 2.96. The van der Waals surface area contributed by atoms with E-state index in [1.54, 1.807) is 6.07 Å². The van der Waals surface area contributed by atoms with Gasteiger partial charge in [-0.25, -0.2) is 8.42 Å². The third-order valence-corrected chi connectivity index (χ3v) is 5.68. The Morgan fingerprint density at radius 1 is 1.23 bits per heavy atom. The van der Waals surface area contributed by atoms with Gasteiger partial charge in [0.2, 0.25) is 0 Å². The second kappa shape index (κ2) is 7.69. The molecule has 1 saturated heterocycles. The Morgan fingerprint density at radius 2 is 2.04 bits per heavy atom. The SMILES string of the molecule is CCOc1ccccc1Nc1ccc(C(=O)NC2CCS(=O)(=O)C2)nn1. The highest BCUT2D eigenvalue weighted by molar-refractivity contribution is 7.91. The number of nitrogens with zero attached hydrogens (tertiary/aromatic N) is 2. The van der Waals surface area contributed by atoms with E-state index in [1.165, 1.54) is 6.07 Å². The number of carbonyl (C=O) groups is 1. The summed E-state index contributed by atoms with van der Waals surface area (Å²) in [7, 11) is -3.05. The summed E-state index contributed by atoms with van der Waals surface area (Å²) in [6.45, 7) is 2.44. The zero-order valence-corrected chi connectivity index (χ0v) is 15.1. The molecule has 1 aliphatic heterocycles. The average molecular weight is 376 g/mol. The molecule has 1 atom stereocenters. The Hall–Kier alpha value is -2.68. The molecular weight excluding hydrogens is 356 g/mol. The van der Waals surface area contributed by atoms with Gasteiger partial charge < -0.3 is 15.4 Å². The van der Waals surface area contributed by atoms with E-state index in [2.05, 4.69) is 20.8 Å². The molecule has 9 heteroatoms. The number of para-hydroxylation sites is 2. The van der Waals surface area contributed by atoms with Crippen LogP contribution in [0.5, 0.6) is 5.75 Å². The van der Waals surface area contributed by atoms with E-state index >= 15 is 0 Å². The van der Waals surface area contributed by atoms with Gasteiger partial charge in [-0.2, -0.15) is 0 Å². The van der Waals surface area contributed by atoms with Crippen molar-refractivity contribution in [2.75, 3.05) is 23.4 Å². The van der Waals surface area contributed by atoms with Crippen LogP contribution in [0.25, 0.3) is 0 Å². The molecule has 0 saturated carbocycles. The number of ether oxygens (including phenoxy) is 1. The lowest BCUT2D eigenvalue weighted by atomic mass is 10.2. The largest absolute Gasteiger partial charge is 0.492 e. The van der Waals surface area contributed by atoms with Gasteiger partial charge in [0.25, 0.3) is 5.91 Å². The van der Waals surface area contributed by atoms with Crippen molar-refractivity contribution >= 4 is 27.2 Å². The lowest BCUT2D eigenvalue weighted by molar-refractivity contribution is 0.0935. The number of anilines is 2. The minimum atomic E-state index is -3.05. The third kappa shape index (κ3) is 4.48. The fraction of sp³-hybridized carbons (Fsp3) is 0.353. The summed E-state index contributed by atoms with van der Waals surface area (Å²) < 4.78 is 28.4. The summed E-state index contributed by atoms with van der Waals surface area (Å²) in [4.78, 5) is 12.2. The molecule has 0 radical (unpaired) electrons. The van der Waals surface area contributed by atoms with Crippen LogP contribution in [0.15, 0.2) is 36.4 Å². The van der Waals surface area contributed by atoms with Gasteiger partial charge >= 0.3 is 0 Å². The predicted molar refractivity (Wildman–Crippen MR) is 97.5 cm³/mol. The Labute approximate surface area is 151 Å². The van der Waals surface area contributed by atoms with Crippen LogP contribution in [0.1, 0.15) is 23.8 Å². The van der Waals surface area contributed by atoms with Gasteiger partial charge in [0.15, 0.2) is 21.3 Å². The number of benzene rings is 1. The molecule has 2 heterocycles. The van der Waals surface area contributed by atoms with Gasteiger partial charge in [0.05, 0.1) is 23.8 Å². The van der Waals surface area contributed by atoms with Crippen molar-refractivity contribution in [2.24, 2.45) is 0 Å². The molecular formula is C17H20N4O4S. The van der Waals surface area contributed by atoms with Gasteiger partial charge in [-0.15, -0.1) is 10.2 Å². The van der Waals surface area contributed by atoms with Crippen LogP contribution >= 0.6 is 0 Å². The number of hydrogen-bond donors (Lipinski definition) is 2. The van der Waals surface area contributed by atoms with E-state index in [-0.39, 0.29) is 23.2 Å². The van der Waals surface area contributed by atoms with Crippen LogP contribution in [0.2, 0.25) is 0 Å². The predicted octanol–water partition coefficient (Wildman–Crippen LogP) is 1.54. The van der Waals surface area contributed by atoms with E-state index in [0.717, 1.165) is 5.69 Å². The van der Waals surface area contributed by atoms with E-state index < -0.39 is 15.7 Å². The number of hydrogen-bond acceptors (Lipinski definition) is 7. The molecule has 1 unspecified atom stereocenters. The van der Waals surface area contributed by atoms with Crippen molar-refractivity contribution in [2.45, 2.75) is 19.4 Å². The molecule has 26 heavy (non-hydrogen) atoms. The molecule has 1 aromatic carbocycles. The van der Waals surface area contributed by atoms with Crippen molar-refractivity contribution in [3.05, 3.63) is 42.1 Å². The van der Waals surface area contributed by atoms with Crippen LogP contribution in [0.3, 0.4) is 0 Å². The zero-order valence-electron chi connectivity index (χ0n) is 14.3. The summed E-state index contributed by atoms with van der Waals surface area (Å²) in [5.41, 5.74) is 0.884. The summed E-state index contributed by atoms with van der Waals surface area (Å²) in [6.07, 6.45) is 0.426. The minimum absolute atomic E-state index is 0.0278. The maximum atomic E-state index is 12.2. The number of rotatable bonds is 6. The van der Waals surface area contributed by atoms with E-state index in [0.29, 0.717) is 24.6 Å². The number of nitrogens with one attached hydrogen (secondary N) is 2. The molecule has 0 bridgehead atoms. The van der Waals surface area contributed by atoms with Crippen molar-refractivity contribution in [3.63, 3.8) is 0 Å². The monoisotopic (exact) mass is 376 g/mol. The van der Waals surface area contributed by atoms with Gasteiger partial charge in [-0.3, -0.25) is 4.79 Å². The normalized spacial score (nSPS) is 18.3. The number of aromatic nitrogens is 2. The fourth-order valence-electron chi connectivity index (χ4n) is 2.68. The zero-order chi connectivity index (χ0) is 18.6. The minimum Gasteiger partial charge on any atom is -0.492 e. The Balaban J connectivity index is 1.64. The lowest BCUT2D eigenvalue weighted by Crippen LogP contribution is -2.36. The highest BCUT2D eigenvalue weighted by Crippen LogP contribution is 2.26. The van der Waals surface area contributed by atoms with Crippen LogP contribution in [0, 0.1) is 0 Å². The molecule has 1 amide bonds. The summed E-state index contributed by atoms with van der Waals surface area (Å²) >= 11 is 0. The van der Waals surface area contributed by atoms with Gasteiger partial charge in [0.1, 0.15) is 5.75 Å². The molecule has 1 fully saturated rings. The standard InChI is InChI=1S/C17H20N4O4S/c1-2-25-15-6-4-3-5-13(15)19-16-8-7-14(20-21-16)17(22)18-12-9-10-26(23,24)11-12/h3-8,12H,2,9-11H2,1H3,(H,18,22)(H,19,21). The first kappa shape index (κ1) is 18.1. The Morgan fingerprint density at radius 3 is 2.69 bits per heavy atom. The first-order valence-electron chi connectivity index (χ1n) is 8.31. The summed E-state index contributed by atoms with van der Waals surface area (Å²) in [6, 6.07) is 10.2. The molecule has 1 aromatic heterocycles.